The minimum absolute atomic E-state index is 0.308. The summed E-state index contributed by atoms with van der Waals surface area (Å²) < 4.78 is 0. The van der Waals surface area contributed by atoms with Crippen LogP contribution in [0.2, 0.25) is 0 Å². The van der Waals surface area contributed by atoms with E-state index in [9.17, 15) is 0 Å². The Morgan fingerprint density at radius 2 is 1.40 bits per heavy atom. The van der Waals surface area contributed by atoms with Gasteiger partial charge in [-0.3, -0.25) is 0 Å². The molecule has 1 atom stereocenters. The van der Waals surface area contributed by atoms with Gasteiger partial charge in [-0.2, -0.15) is 0 Å². The van der Waals surface area contributed by atoms with Crippen LogP contribution >= 0.6 is 0 Å². The predicted octanol–water partition coefficient (Wildman–Crippen LogP) is 4.41. The SMILES string of the molecule is CC1=C(C)C2N(C)c3ccccc3N2c2ccccc21. The normalized spacial score (nSPS) is 19.9. The van der Waals surface area contributed by atoms with Crippen LogP contribution in [0.5, 0.6) is 0 Å². The van der Waals surface area contributed by atoms with E-state index in [1.807, 2.05) is 0 Å². The molecule has 0 radical (unpaired) electrons. The molecular weight excluding hydrogens is 244 g/mol. The molecule has 2 aliphatic rings. The topological polar surface area (TPSA) is 6.48 Å². The maximum atomic E-state index is 2.47. The number of benzene rings is 2. The van der Waals surface area contributed by atoms with Gasteiger partial charge < -0.3 is 9.80 Å². The molecule has 2 nitrogen and oxygen atoms in total. The summed E-state index contributed by atoms with van der Waals surface area (Å²) in [6.07, 6.45) is 0.308. The molecule has 0 aliphatic carbocycles. The molecule has 2 aliphatic heterocycles. The van der Waals surface area contributed by atoms with Crippen molar-refractivity contribution in [3.63, 3.8) is 0 Å². The van der Waals surface area contributed by atoms with Crippen LogP contribution in [0.15, 0.2) is 54.1 Å². The quantitative estimate of drug-likeness (QED) is 0.694. The smallest absolute Gasteiger partial charge is 0.129 e. The summed E-state index contributed by atoms with van der Waals surface area (Å²) in [4.78, 5) is 4.84. The Morgan fingerprint density at radius 1 is 0.800 bits per heavy atom. The fraction of sp³-hybridized carbons (Fsp3) is 0.222. The first-order chi connectivity index (χ1) is 9.70. The van der Waals surface area contributed by atoms with Crippen molar-refractivity contribution >= 4 is 22.6 Å². The highest BCUT2D eigenvalue weighted by Crippen LogP contribution is 2.50. The van der Waals surface area contributed by atoms with Crippen LogP contribution in [0.1, 0.15) is 19.4 Å². The van der Waals surface area contributed by atoms with Gasteiger partial charge in [0, 0.05) is 12.6 Å². The Kier molecular flexibility index (Phi) is 2.25. The third kappa shape index (κ3) is 1.29. The summed E-state index contributed by atoms with van der Waals surface area (Å²) in [5.41, 5.74) is 8.12. The number of rotatable bonds is 0. The molecule has 1 unspecified atom stereocenters. The van der Waals surface area contributed by atoms with Crippen molar-refractivity contribution in [2.45, 2.75) is 20.0 Å². The lowest BCUT2D eigenvalue weighted by Gasteiger charge is -2.38. The van der Waals surface area contributed by atoms with Gasteiger partial charge in [-0.05, 0) is 43.2 Å². The van der Waals surface area contributed by atoms with E-state index in [-0.39, 0.29) is 0 Å². The molecule has 20 heavy (non-hydrogen) atoms. The monoisotopic (exact) mass is 262 g/mol. The molecule has 0 saturated carbocycles. The second kappa shape index (κ2) is 3.89. The van der Waals surface area contributed by atoms with Gasteiger partial charge in [0.15, 0.2) is 0 Å². The zero-order valence-electron chi connectivity index (χ0n) is 12.1. The average molecular weight is 262 g/mol. The van der Waals surface area contributed by atoms with Crippen LogP contribution in [-0.2, 0) is 0 Å². The Hall–Kier alpha value is -2.22. The van der Waals surface area contributed by atoms with Gasteiger partial charge in [0.25, 0.3) is 0 Å². The lowest BCUT2D eigenvalue weighted by Crippen LogP contribution is -2.42. The van der Waals surface area contributed by atoms with Crippen LogP contribution in [0.25, 0.3) is 5.57 Å². The Labute approximate surface area is 119 Å². The van der Waals surface area contributed by atoms with E-state index in [1.165, 1.54) is 33.8 Å². The van der Waals surface area contributed by atoms with Crippen molar-refractivity contribution in [1.29, 1.82) is 0 Å². The van der Waals surface area contributed by atoms with Crippen molar-refractivity contribution in [3.8, 4) is 0 Å². The van der Waals surface area contributed by atoms with Gasteiger partial charge >= 0.3 is 0 Å². The van der Waals surface area contributed by atoms with Crippen LogP contribution in [0.4, 0.5) is 17.1 Å². The first kappa shape index (κ1) is 11.6. The lowest BCUT2D eigenvalue weighted by atomic mass is 9.93. The van der Waals surface area contributed by atoms with Gasteiger partial charge in [0.05, 0.1) is 17.1 Å². The summed E-state index contributed by atoms with van der Waals surface area (Å²) in [6.45, 7) is 4.49. The summed E-state index contributed by atoms with van der Waals surface area (Å²) in [6, 6.07) is 17.4. The van der Waals surface area contributed by atoms with Crippen LogP contribution < -0.4 is 9.80 Å². The number of nitrogens with zero attached hydrogens (tertiary/aromatic N) is 2. The van der Waals surface area contributed by atoms with Crippen molar-refractivity contribution in [3.05, 3.63) is 59.7 Å². The molecule has 100 valence electrons. The average Bonchev–Trinajstić information content (AvgIpc) is 2.79. The van der Waals surface area contributed by atoms with E-state index in [2.05, 4.69) is 79.2 Å². The number of fused-ring (bicyclic) bond motifs is 5. The fourth-order valence-corrected chi connectivity index (χ4v) is 3.56. The molecule has 0 spiro atoms. The van der Waals surface area contributed by atoms with Crippen LogP contribution in [-0.4, -0.2) is 13.2 Å². The van der Waals surface area contributed by atoms with E-state index >= 15 is 0 Å². The largest absolute Gasteiger partial charge is 0.349 e. The van der Waals surface area contributed by atoms with Crippen molar-refractivity contribution < 1.29 is 0 Å². The minimum Gasteiger partial charge on any atom is -0.349 e. The van der Waals surface area contributed by atoms with E-state index in [0.29, 0.717) is 6.17 Å². The zero-order valence-corrected chi connectivity index (χ0v) is 12.1. The molecule has 2 heterocycles. The maximum Gasteiger partial charge on any atom is 0.129 e. The van der Waals surface area contributed by atoms with Gasteiger partial charge in [0.1, 0.15) is 6.17 Å². The molecule has 0 saturated heterocycles. The molecule has 0 N–H and O–H groups in total. The number of hydrogen-bond donors (Lipinski definition) is 0. The first-order valence-corrected chi connectivity index (χ1v) is 7.08. The lowest BCUT2D eigenvalue weighted by molar-refractivity contribution is 0.751. The Morgan fingerprint density at radius 3 is 2.15 bits per heavy atom. The summed E-state index contributed by atoms with van der Waals surface area (Å²) in [7, 11) is 2.19. The minimum atomic E-state index is 0.308. The third-order valence-electron chi connectivity index (χ3n) is 4.68. The van der Waals surface area contributed by atoms with E-state index in [4.69, 9.17) is 0 Å². The fourth-order valence-electron chi connectivity index (χ4n) is 3.56. The standard InChI is InChI=1S/C18H18N2/c1-12-13(2)18-19(3)16-10-6-7-11-17(16)20(18)15-9-5-4-8-14(12)15/h4-11,18H,1-3H3. The third-order valence-corrected chi connectivity index (χ3v) is 4.68. The van der Waals surface area contributed by atoms with Crippen molar-refractivity contribution in [1.82, 2.24) is 0 Å². The van der Waals surface area contributed by atoms with E-state index in [1.54, 1.807) is 0 Å². The molecule has 2 aromatic carbocycles. The van der Waals surface area contributed by atoms with Gasteiger partial charge in [-0.25, -0.2) is 0 Å². The highest BCUT2D eigenvalue weighted by Gasteiger charge is 2.39. The summed E-state index contributed by atoms with van der Waals surface area (Å²) in [5.74, 6) is 0. The van der Waals surface area contributed by atoms with Gasteiger partial charge in [0.2, 0.25) is 0 Å². The maximum absolute atomic E-state index is 2.47. The molecule has 0 fully saturated rings. The van der Waals surface area contributed by atoms with Crippen LogP contribution in [0.3, 0.4) is 0 Å². The summed E-state index contributed by atoms with van der Waals surface area (Å²) in [5, 5.41) is 0. The number of anilines is 3. The number of hydrogen-bond acceptors (Lipinski definition) is 2. The Balaban J connectivity index is 2.04. The molecule has 0 bridgehead atoms. The number of allylic oxidation sites excluding steroid dienone is 1. The van der Waals surface area contributed by atoms with Gasteiger partial charge in [-0.1, -0.05) is 30.3 Å². The number of likely N-dealkylation sites (N-methyl/N-ethyl adjacent to an activating group) is 1. The molecule has 2 aromatic rings. The molecule has 0 amide bonds. The molecule has 2 heteroatoms. The van der Waals surface area contributed by atoms with Gasteiger partial charge in [-0.15, -0.1) is 0 Å². The number of para-hydroxylation sites is 3. The second-order valence-corrected chi connectivity index (χ2v) is 5.67. The molecule has 0 aromatic heterocycles. The predicted molar refractivity (Wildman–Crippen MR) is 85.5 cm³/mol. The highest BCUT2D eigenvalue weighted by molar-refractivity contribution is 5.93. The molecular formula is C18H18N2. The summed E-state index contributed by atoms with van der Waals surface area (Å²) >= 11 is 0. The van der Waals surface area contributed by atoms with E-state index in [0.717, 1.165) is 0 Å². The van der Waals surface area contributed by atoms with E-state index < -0.39 is 0 Å². The molecule has 4 rings (SSSR count). The Bertz CT molecular complexity index is 730. The second-order valence-electron chi connectivity index (χ2n) is 5.67. The highest BCUT2D eigenvalue weighted by atomic mass is 15.4. The van der Waals surface area contributed by atoms with Crippen LogP contribution in [0, 0.1) is 0 Å². The zero-order chi connectivity index (χ0) is 13.9. The first-order valence-electron chi connectivity index (χ1n) is 7.08. The van der Waals surface area contributed by atoms with Crippen molar-refractivity contribution in [2.24, 2.45) is 0 Å². The van der Waals surface area contributed by atoms with Crippen molar-refractivity contribution in [2.75, 3.05) is 16.8 Å².